The SMILES string of the molecule is Cc1ccc(-c2cc(NC(=O)COC(=O)c3oc4ccccc4c3C)on2)cc1. The van der Waals surface area contributed by atoms with Crippen molar-refractivity contribution >= 4 is 28.7 Å². The van der Waals surface area contributed by atoms with Gasteiger partial charge in [0.25, 0.3) is 5.91 Å². The third kappa shape index (κ3) is 3.89. The van der Waals surface area contributed by atoms with Crippen LogP contribution in [0.5, 0.6) is 0 Å². The molecular formula is C22H18N2O5. The zero-order valence-electron chi connectivity index (χ0n) is 15.9. The van der Waals surface area contributed by atoms with Gasteiger partial charge in [0.1, 0.15) is 11.3 Å². The van der Waals surface area contributed by atoms with Crippen molar-refractivity contribution in [1.29, 1.82) is 0 Å². The molecule has 29 heavy (non-hydrogen) atoms. The Morgan fingerprint density at radius 3 is 2.59 bits per heavy atom. The third-order valence-electron chi connectivity index (χ3n) is 4.48. The molecule has 0 bridgehead atoms. The molecule has 0 saturated carbocycles. The van der Waals surface area contributed by atoms with E-state index in [-0.39, 0.29) is 11.6 Å². The summed E-state index contributed by atoms with van der Waals surface area (Å²) < 4.78 is 15.7. The van der Waals surface area contributed by atoms with Crippen LogP contribution in [-0.2, 0) is 9.53 Å². The van der Waals surface area contributed by atoms with Crippen molar-refractivity contribution < 1.29 is 23.3 Å². The number of benzene rings is 2. The fourth-order valence-electron chi connectivity index (χ4n) is 2.93. The van der Waals surface area contributed by atoms with Gasteiger partial charge in [0.15, 0.2) is 6.61 Å². The number of nitrogens with one attached hydrogen (secondary N) is 1. The molecule has 0 atom stereocenters. The van der Waals surface area contributed by atoms with Gasteiger partial charge in [-0.05, 0) is 19.9 Å². The normalized spacial score (nSPS) is 10.8. The number of carbonyl (C=O) groups is 2. The lowest BCUT2D eigenvalue weighted by atomic mass is 10.1. The van der Waals surface area contributed by atoms with Gasteiger partial charge in [0.05, 0.1) is 0 Å². The van der Waals surface area contributed by atoms with Crippen LogP contribution < -0.4 is 5.32 Å². The van der Waals surface area contributed by atoms with Crippen molar-refractivity contribution in [1.82, 2.24) is 5.16 Å². The molecular weight excluding hydrogens is 372 g/mol. The Balaban J connectivity index is 1.37. The first-order valence-corrected chi connectivity index (χ1v) is 9.00. The fraction of sp³-hybridized carbons (Fsp3) is 0.136. The van der Waals surface area contributed by atoms with E-state index in [4.69, 9.17) is 13.7 Å². The van der Waals surface area contributed by atoms with E-state index in [0.29, 0.717) is 16.8 Å². The summed E-state index contributed by atoms with van der Waals surface area (Å²) in [6.45, 7) is 3.28. The van der Waals surface area contributed by atoms with Crippen LogP contribution >= 0.6 is 0 Å². The number of esters is 1. The molecule has 0 fully saturated rings. The van der Waals surface area contributed by atoms with Crippen LogP contribution in [0.1, 0.15) is 21.7 Å². The first-order chi connectivity index (χ1) is 14.0. The van der Waals surface area contributed by atoms with Gasteiger partial charge in [-0.25, -0.2) is 4.79 Å². The van der Waals surface area contributed by atoms with E-state index in [1.54, 1.807) is 19.1 Å². The molecule has 146 valence electrons. The van der Waals surface area contributed by atoms with E-state index in [1.165, 1.54) is 0 Å². The Bertz CT molecular complexity index is 1190. The molecule has 2 aromatic heterocycles. The Kier molecular flexibility index (Phi) is 4.87. The van der Waals surface area contributed by atoms with Gasteiger partial charge >= 0.3 is 5.97 Å². The predicted molar refractivity (Wildman–Crippen MR) is 107 cm³/mol. The molecule has 7 nitrogen and oxygen atoms in total. The average molecular weight is 390 g/mol. The number of ether oxygens (including phenoxy) is 1. The second-order valence-electron chi connectivity index (χ2n) is 6.62. The summed E-state index contributed by atoms with van der Waals surface area (Å²) in [6, 6.07) is 16.6. The van der Waals surface area contributed by atoms with E-state index in [9.17, 15) is 9.59 Å². The monoisotopic (exact) mass is 390 g/mol. The molecule has 0 unspecified atom stereocenters. The van der Waals surface area contributed by atoms with E-state index in [1.807, 2.05) is 49.4 Å². The highest BCUT2D eigenvalue weighted by molar-refractivity contribution is 5.98. The molecule has 0 spiro atoms. The predicted octanol–water partition coefficient (Wildman–Crippen LogP) is 4.50. The van der Waals surface area contributed by atoms with Gasteiger partial charge in [-0.15, -0.1) is 0 Å². The van der Waals surface area contributed by atoms with Gasteiger partial charge in [-0.2, -0.15) is 0 Å². The van der Waals surface area contributed by atoms with Crippen molar-refractivity contribution in [2.24, 2.45) is 0 Å². The lowest BCUT2D eigenvalue weighted by Crippen LogP contribution is -2.20. The number of nitrogens with zero attached hydrogens (tertiary/aromatic N) is 1. The second kappa shape index (κ2) is 7.63. The van der Waals surface area contributed by atoms with Gasteiger partial charge in [0.2, 0.25) is 11.6 Å². The van der Waals surface area contributed by atoms with Crippen LogP contribution in [0.3, 0.4) is 0 Å². The molecule has 0 saturated heterocycles. The van der Waals surface area contributed by atoms with Crippen LogP contribution in [0.15, 0.2) is 63.5 Å². The van der Waals surface area contributed by atoms with E-state index in [0.717, 1.165) is 16.5 Å². The molecule has 0 aliphatic carbocycles. The minimum atomic E-state index is -0.702. The number of aryl methyl sites for hydroxylation is 2. The van der Waals surface area contributed by atoms with Crippen molar-refractivity contribution in [3.05, 3.63) is 71.5 Å². The number of furan rings is 1. The molecule has 1 amide bonds. The van der Waals surface area contributed by atoms with Gasteiger partial charge < -0.3 is 13.7 Å². The fourth-order valence-corrected chi connectivity index (χ4v) is 2.93. The highest BCUT2D eigenvalue weighted by Gasteiger charge is 2.20. The van der Waals surface area contributed by atoms with Crippen molar-refractivity contribution in [3.8, 4) is 11.3 Å². The number of aromatic nitrogens is 1. The smallest absolute Gasteiger partial charge is 0.375 e. The van der Waals surface area contributed by atoms with E-state index in [2.05, 4.69) is 10.5 Å². The van der Waals surface area contributed by atoms with Crippen LogP contribution in [-0.4, -0.2) is 23.6 Å². The quantitative estimate of drug-likeness (QED) is 0.504. The zero-order valence-corrected chi connectivity index (χ0v) is 15.9. The summed E-state index contributed by atoms with van der Waals surface area (Å²) in [5, 5.41) is 7.28. The number of para-hydroxylation sites is 1. The minimum Gasteiger partial charge on any atom is -0.450 e. The van der Waals surface area contributed by atoms with Gasteiger partial charge in [-0.1, -0.05) is 53.2 Å². The third-order valence-corrected chi connectivity index (χ3v) is 4.48. The summed E-state index contributed by atoms with van der Waals surface area (Å²) in [5.74, 6) is -0.993. The second-order valence-corrected chi connectivity index (χ2v) is 6.62. The van der Waals surface area contributed by atoms with Crippen molar-refractivity contribution in [2.75, 3.05) is 11.9 Å². The Morgan fingerprint density at radius 1 is 1.07 bits per heavy atom. The minimum absolute atomic E-state index is 0.0836. The van der Waals surface area contributed by atoms with Gasteiger partial charge in [0, 0.05) is 22.6 Å². The van der Waals surface area contributed by atoms with Crippen molar-refractivity contribution in [2.45, 2.75) is 13.8 Å². The molecule has 7 heteroatoms. The lowest BCUT2D eigenvalue weighted by molar-refractivity contribution is -0.119. The van der Waals surface area contributed by atoms with Gasteiger partial charge in [-0.3, -0.25) is 10.1 Å². The number of hydrogen-bond acceptors (Lipinski definition) is 6. The number of rotatable bonds is 5. The average Bonchev–Trinajstić information content (AvgIpc) is 3.32. The Labute approximate surface area is 166 Å². The summed E-state index contributed by atoms with van der Waals surface area (Å²) in [6.07, 6.45) is 0. The van der Waals surface area contributed by atoms with Crippen LogP contribution in [0.4, 0.5) is 5.88 Å². The molecule has 0 aliphatic heterocycles. The summed E-state index contributed by atoms with van der Waals surface area (Å²) in [4.78, 5) is 24.4. The molecule has 4 aromatic rings. The van der Waals surface area contributed by atoms with Crippen LogP contribution in [0.2, 0.25) is 0 Å². The lowest BCUT2D eigenvalue weighted by Gasteiger charge is -2.03. The number of amides is 1. The number of anilines is 1. The number of fused-ring (bicyclic) bond motifs is 1. The molecule has 0 aliphatic rings. The van der Waals surface area contributed by atoms with Crippen LogP contribution in [0, 0.1) is 13.8 Å². The largest absolute Gasteiger partial charge is 0.450 e. The maximum absolute atomic E-state index is 12.3. The highest BCUT2D eigenvalue weighted by Crippen LogP contribution is 2.25. The number of hydrogen-bond donors (Lipinski definition) is 1. The molecule has 1 N–H and O–H groups in total. The standard InChI is InChI=1S/C22H18N2O5/c1-13-7-9-15(10-8-13)17-11-20(29-24-17)23-19(25)12-27-22(26)21-14(2)16-5-3-4-6-18(16)28-21/h3-11H,12H2,1-2H3,(H,23,25). The first-order valence-electron chi connectivity index (χ1n) is 9.00. The highest BCUT2D eigenvalue weighted by atomic mass is 16.5. The number of carbonyl (C=O) groups excluding carboxylic acids is 2. The molecule has 2 aromatic carbocycles. The van der Waals surface area contributed by atoms with E-state index >= 15 is 0 Å². The Hall–Kier alpha value is -3.87. The maximum Gasteiger partial charge on any atom is 0.375 e. The van der Waals surface area contributed by atoms with Crippen molar-refractivity contribution in [3.63, 3.8) is 0 Å². The molecule has 4 rings (SSSR count). The topological polar surface area (TPSA) is 94.6 Å². The summed E-state index contributed by atoms with van der Waals surface area (Å²) >= 11 is 0. The van der Waals surface area contributed by atoms with E-state index < -0.39 is 18.5 Å². The molecule has 2 heterocycles. The Morgan fingerprint density at radius 2 is 1.83 bits per heavy atom. The summed E-state index contributed by atoms with van der Waals surface area (Å²) in [5.41, 5.74) is 3.85. The zero-order chi connectivity index (χ0) is 20.4. The first kappa shape index (κ1) is 18.5. The molecule has 0 radical (unpaired) electrons. The van der Waals surface area contributed by atoms with Crippen LogP contribution in [0.25, 0.3) is 22.2 Å². The summed E-state index contributed by atoms with van der Waals surface area (Å²) in [7, 11) is 0. The maximum atomic E-state index is 12.3.